The molecule has 0 aliphatic carbocycles. The number of nitrogens with one attached hydrogen (secondary N) is 2. The van der Waals surface area contributed by atoms with Crippen LogP contribution in [0.3, 0.4) is 0 Å². The molecule has 2 N–H and O–H groups in total. The van der Waals surface area contributed by atoms with Crippen molar-refractivity contribution in [1.82, 2.24) is 14.7 Å². The predicted molar refractivity (Wildman–Crippen MR) is 116 cm³/mol. The highest BCUT2D eigenvalue weighted by Crippen LogP contribution is 2.26. The van der Waals surface area contributed by atoms with Gasteiger partial charge in [-0.15, -0.1) is 0 Å². The van der Waals surface area contributed by atoms with Crippen LogP contribution in [0.5, 0.6) is 0 Å². The van der Waals surface area contributed by atoms with Crippen molar-refractivity contribution < 1.29 is 17.9 Å². The topological polar surface area (TPSA) is 106 Å². The van der Waals surface area contributed by atoms with Gasteiger partial charge in [-0.25, -0.2) is 23.1 Å². The van der Waals surface area contributed by atoms with Gasteiger partial charge in [0.15, 0.2) is 0 Å². The van der Waals surface area contributed by atoms with E-state index in [2.05, 4.69) is 20.0 Å². The molecule has 0 atom stereocenters. The van der Waals surface area contributed by atoms with Gasteiger partial charge in [0.25, 0.3) is 0 Å². The number of hydrogen-bond donors (Lipinski definition) is 2. The number of nitrogens with zero attached hydrogens (tertiary/aromatic N) is 3. The van der Waals surface area contributed by atoms with Crippen LogP contribution in [0.4, 0.5) is 17.3 Å². The Morgan fingerprint density at radius 3 is 2.65 bits per heavy atom. The van der Waals surface area contributed by atoms with Crippen LogP contribution >= 0.6 is 0 Å². The van der Waals surface area contributed by atoms with Gasteiger partial charge >= 0.3 is 0 Å². The molecule has 160 valence electrons. The Labute approximate surface area is 180 Å². The number of anilines is 3. The minimum atomic E-state index is -3.55. The van der Waals surface area contributed by atoms with E-state index in [1.165, 1.54) is 25.5 Å². The van der Waals surface area contributed by atoms with E-state index >= 15 is 0 Å². The van der Waals surface area contributed by atoms with Gasteiger partial charge in [0.2, 0.25) is 22.7 Å². The lowest BCUT2D eigenvalue weighted by Gasteiger charge is -2.23. The third-order valence-electron chi connectivity index (χ3n) is 4.52. The molecule has 9 nitrogen and oxygen atoms in total. The number of benzene rings is 2. The molecular weight excluding hydrogens is 418 g/mol. The van der Waals surface area contributed by atoms with E-state index < -0.39 is 10.0 Å². The van der Waals surface area contributed by atoms with Gasteiger partial charge in [0.1, 0.15) is 24.2 Å². The molecule has 1 aliphatic heterocycles. The van der Waals surface area contributed by atoms with E-state index in [0.29, 0.717) is 29.8 Å². The maximum Gasteiger partial charge on any atom is 0.240 e. The van der Waals surface area contributed by atoms with Crippen molar-refractivity contribution >= 4 is 27.3 Å². The number of sulfonamides is 1. The molecular formula is C21H21N5O4S. The molecule has 0 amide bonds. The van der Waals surface area contributed by atoms with Crippen LogP contribution in [0.25, 0.3) is 0 Å². The van der Waals surface area contributed by atoms with Gasteiger partial charge in [0, 0.05) is 11.8 Å². The van der Waals surface area contributed by atoms with E-state index in [-0.39, 0.29) is 11.7 Å². The van der Waals surface area contributed by atoms with Crippen LogP contribution in [0, 0.1) is 0 Å². The molecule has 1 aromatic heterocycles. The lowest BCUT2D eigenvalue weighted by atomic mass is 10.2. The molecule has 1 aliphatic rings. The van der Waals surface area contributed by atoms with Crippen molar-refractivity contribution in [1.29, 1.82) is 0 Å². The second kappa shape index (κ2) is 9.02. The summed E-state index contributed by atoms with van der Waals surface area (Å²) < 4.78 is 37.2. The van der Waals surface area contributed by atoms with Gasteiger partial charge < -0.3 is 14.8 Å². The molecule has 0 saturated heterocycles. The summed E-state index contributed by atoms with van der Waals surface area (Å²) in [4.78, 5) is 10.7. The van der Waals surface area contributed by atoms with Crippen LogP contribution in [0.15, 0.2) is 84.0 Å². The standard InChI is InChI=1S/C21H21N5O4S/c1-22-31(27,28)18-9-5-8-17(10-18)25-19-11-20(24-14-23-19)26(21-13-29-15-30-21)12-16-6-3-2-4-7-16/h2-11,13-14,22H,12,15H2,1H3,(H,23,24,25). The zero-order valence-electron chi connectivity index (χ0n) is 16.7. The van der Waals surface area contributed by atoms with Crippen LogP contribution in [-0.2, 0) is 26.0 Å². The summed E-state index contributed by atoms with van der Waals surface area (Å²) in [6.07, 6.45) is 2.98. The first kappa shape index (κ1) is 20.6. The summed E-state index contributed by atoms with van der Waals surface area (Å²) in [6, 6.07) is 18.1. The molecule has 2 heterocycles. The number of aromatic nitrogens is 2. The van der Waals surface area contributed by atoms with Gasteiger partial charge in [-0.2, -0.15) is 0 Å². The lowest BCUT2D eigenvalue weighted by Crippen LogP contribution is -2.23. The van der Waals surface area contributed by atoms with Gasteiger partial charge in [0.05, 0.1) is 11.4 Å². The maximum absolute atomic E-state index is 12.1. The van der Waals surface area contributed by atoms with Crippen molar-refractivity contribution in [2.24, 2.45) is 0 Å². The fraction of sp³-hybridized carbons (Fsp3) is 0.143. The molecule has 0 saturated carbocycles. The van der Waals surface area contributed by atoms with Crippen molar-refractivity contribution in [2.75, 3.05) is 24.1 Å². The van der Waals surface area contributed by atoms with Crippen molar-refractivity contribution in [3.8, 4) is 0 Å². The summed E-state index contributed by atoms with van der Waals surface area (Å²) >= 11 is 0. The van der Waals surface area contributed by atoms with Crippen LogP contribution < -0.4 is 14.9 Å². The Kier molecular flexibility index (Phi) is 6.01. The maximum atomic E-state index is 12.1. The zero-order chi connectivity index (χ0) is 21.7. The Morgan fingerprint density at radius 2 is 1.90 bits per heavy atom. The normalized spacial score (nSPS) is 13.1. The average molecular weight is 439 g/mol. The minimum absolute atomic E-state index is 0.142. The quantitative estimate of drug-likeness (QED) is 0.552. The Hall–Kier alpha value is -3.63. The minimum Gasteiger partial charge on any atom is -0.459 e. The molecule has 0 bridgehead atoms. The zero-order valence-corrected chi connectivity index (χ0v) is 17.5. The molecule has 4 rings (SSSR count). The second-order valence-corrected chi connectivity index (χ2v) is 8.47. The third kappa shape index (κ3) is 4.93. The first-order valence-corrected chi connectivity index (χ1v) is 10.9. The monoisotopic (exact) mass is 439 g/mol. The second-order valence-electron chi connectivity index (χ2n) is 6.58. The van der Waals surface area contributed by atoms with E-state index in [1.54, 1.807) is 24.5 Å². The fourth-order valence-electron chi connectivity index (χ4n) is 2.98. The summed E-state index contributed by atoms with van der Waals surface area (Å²) in [6.45, 7) is 0.659. The van der Waals surface area contributed by atoms with Crippen LogP contribution in [0.2, 0.25) is 0 Å². The Morgan fingerprint density at radius 1 is 1.06 bits per heavy atom. The number of hydrogen-bond acceptors (Lipinski definition) is 8. The molecule has 31 heavy (non-hydrogen) atoms. The summed E-state index contributed by atoms with van der Waals surface area (Å²) in [5, 5.41) is 3.13. The predicted octanol–water partition coefficient (Wildman–Crippen LogP) is 2.94. The highest BCUT2D eigenvalue weighted by molar-refractivity contribution is 7.89. The molecule has 2 aromatic carbocycles. The van der Waals surface area contributed by atoms with E-state index in [9.17, 15) is 8.42 Å². The molecule has 0 fully saturated rings. The smallest absolute Gasteiger partial charge is 0.240 e. The van der Waals surface area contributed by atoms with Crippen LogP contribution in [-0.4, -0.2) is 32.2 Å². The molecule has 10 heteroatoms. The molecule has 0 radical (unpaired) electrons. The first-order chi connectivity index (χ1) is 15.0. The molecule has 0 unspecified atom stereocenters. The number of ether oxygens (including phenoxy) is 2. The fourth-order valence-corrected chi connectivity index (χ4v) is 3.76. The summed E-state index contributed by atoms with van der Waals surface area (Å²) in [5.74, 6) is 1.63. The van der Waals surface area contributed by atoms with E-state index in [0.717, 1.165) is 5.56 Å². The van der Waals surface area contributed by atoms with Crippen LogP contribution in [0.1, 0.15) is 5.56 Å². The largest absolute Gasteiger partial charge is 0.459 e. The first-order valence-electron chi connectivity index (χ1n) is 9.44. The Balaban J connectivity index is 1.61. The van der Waals surface area contributed by atoms with Gasteiger partial charge in [-0.05, 0) is 30.8 Å². The van der Waals surface area contributed by atoms with Crippen molar-refractivity contribution in [2.45, 2.75) is 11.4 Å². The molecule has 3 aromatic rings. The highest BCUT2D eigenvalue weighted by Gasteiger charge is 2.20. The van der Waals surface area contributed by atoms with Crippen molar-refractivity contribution in [3.63, 3.8) is 0 Å². The number of rotatable bonds is 8. The Bertz CT molecular complexity index is 1190. The lowest BCUT2D eigenvalue weighted by molar-refractivity contribution is 0.0781. The summed E-state index contributed by atoms with van der Waals surface area (Å²) in [7, 11) is -2.18. The van der Waals surface area contributed by atoms with Gasteiger partial charge in [-0.3, -0.25) is 4.90 Å². The van der Waals surface area contributed by atoms with E-state index in [1.807, 2.05) is 35.2 Å². The van der Waals surface area contributed by atoms with Gasteiger partial charge in [-0.1, -0.05) is 36.4 Å². The van der Waals surface area contributed by atoms with E-state index in [4.69, 9.17) is 9.47 Å². The average Bonchev–Trinajstić information content (AvgIpc) is 3.33. The SMILES string of the molecule is CNS(=O)(=O)c1cccc(Nc2cc(N(Cc3ccccc3)C3=COCO3)ncn2)c1. The third-order valence-corrected chi connectivity index (χ3v) is 5.94. The highest BCUT2D eigenvalue weighted by atomic mass is 32.2. The van der Waals surface area contributed by atoms with Crippen molar-refractivity contribution in [3.05, 3.63) is 84.7 Å². The molecule has 0 spiro atoms. The summed E-state index contributed by atoms with van der Waals surface area (Å²) in [5.41, 5.74) is 1.65.